The summed E-state index contributed by atoms with van der Waals surface area (Å²) in [6, 6.07) is 0.512. The molecular formula is C9H18N2O. The summed E-state index contributed by atoms with van der Waals surface area (Å²) in [5.74, 6) is 0. The van der Waals surface area contributed by atoms with Crippen molar-refractivity contribution in [3.8, 4) is 0 Å². The highest BCUT2D eigenvalue weighted by Crippen LogP contribution is 2.09. The number of urea groups is 1. The van der Waals surface area contributed by atoms with E-state index in [0.717, 1.165) is 32.4 Å². The lowest BCUT2D eigenvalue weighted by Gasteiger charge is -2.32. The first-order chi connectivity index (χ1) is 5.75. The van der Waals surface area contributed by atoms with Crippen LogP contribution in [0.4, 0.5) is 4.79 Å². The third kappa shape index (κ3) is 2.13. The van der Waals surface area contributed by atoms with Gasteiger partial charge in [-0.1, -0.05) is 13.3 Å². The van der Waals surface area contributed by atoms with Crippen LogP contribution in [-0.4, -0.2) is 30.1 Å². The first kappa shape index (κ1) is 9.36. The van der Waals surface area contributed by atoms with Crippen molar-refractivity contribution in [2.24, 2.45) is 0 Å². The van der Waals surface area contributed by atoms with Crippen LogP contribution >= 0.6 is 0 Å². The number of nitrogens with zero attached hydrogens (tertiary/aromatic N) is 1. The van der Waals surface area contributed by atoms with E-state index in [-0.39, 0.29) is 6.03 Å². The summed E-state index contributed by atoms with van der Waals surface area (Å²) < 4.78 is 0. The summed E-state index contributed by atoms with van der Waals surface area (Å²) in [4.78, 5) is 13.3. The Kier molecular flexibility index (Phi) is 3.38. The molecule has 0 spiro atoms. The average molecular weight is 170 g/mol. The van der Waals surface area contributed by atoms with Crippen LogP contribution in [-0.2, 0) is 0 Å². The van der Waals surface area contributed by atoms with Gasteiger partial charge in [0.25, 0.3) is 0 Å². The van der Waals surface area contributed by atoms with Crippen molar-refractivity contribution in [3.05, 3.63) is 0 Å². The van der Waals surface area contributed by atoms with Gasteiger partial charge in [-0.25, -0.2) is 4.79 Å². The standard InChI is InChI=1S/C9H18N2O/c1-3-5-8(2)11-7-4-6-10-9(11)12/h8H,3-7H2,1-2H3,(H,10,12). The minimum Gasteiger partial charge on any atom is -0.338 e. The molecule has 3 heteroatoms. The van der Waals surface area contributed by atoms with Gasteiger partial charge in [0.15, 0.2) is 0 Å². The molecule has 2 amide bonds. The Morgan fingerprint density at radius 1 is 1.67 bits per heavy atom. The van der Waals surface area contributed by atoms with Gasteiger partial charge in [-0.15, -0.1) is 0 Å². The molecule has 70 valence electrons. The molecule has 0 radical (unpaired) electrons. The molecule has 1 aliphatic heterocycles. The van der Waals surface area contributed by atoms with Gasteiger partial charge in [0.2, 0.25) is 0 Å². The normalized spacial score (nSPS) is 20.5. The molecule has 0 aromatic rings. The molecule has 3 nitrogen and oxygen atoms in total. The fourth-order valence-corrected chi connectivity index (χ4v) is 1.64. The van der Waals surface area contributed by atoms with Gasteiger partial charge in [-0.2, -0.15) is 0 Å². The molecule has 0 bridgehead atoms. The van der Waals surface area contributed by atoms with Gasteiger partial charge in [0.05, 0.1) is 0 Å². The maximum Gasteiger partial charge on any atom is 0.317 e. The summed E-state index contributed by atoms with van der Waals surface area (Å²) in [5.41, 5.74) is 0. The molecule has 1 unspecified atom stereocenters. The van der Waals surface area contributed by atoms with Crippen LogP contribution in [0.25, 0.3) is 0 Å². The number of rotatable bonds is 3. The maximum absolute atomic E-state index is 11.3. The zero-order chi connectivity index (χ0) is 8.97. The van der Waals surface area contributed by atoms with E-state index in [1.165, 1.54) is 0 Å². The molecular weight excluding hydrogens is 152 g/mol. The molecule has 0 aromatic heterocycles. The van der Waals surface area contributed by atoms with Crippen molar-refractivity contribution < 1.29 is 4.79 Å². The van der Waals surface area contributed by atoms with Crippen LogP contribution in [0.15, 0.2) is 0 Å². The predicted octanol–water partition coefficient (Wildman–Crippen LogP) is 1.59. The van der Waals surface area contributed by atoms with Gasteiger partial charge in [-0.05, 0) is 19.8 Å². The van der Waals surface area contributed by atoms with Gasteiger partial charge >= 0.3 is 6.03 Å². The van der Waals surface area contributed by atoms with Crippen molar-refractivity contribution in [2.75, 3.05) is 13.1 Å². The second-order valence-electron chi connectivity index (χ2n) is 3.42. The summed E-state index contributed by atoms with van der Waals surface area (Å²) >= 11 is 0. The lowest BCUT2D eigenvalue weighted by atomic mass is 10.1. The Balaban J connectivity index is 2.42. The average Bonchev–Trinajstić information content (AvgIpc) is 2.05. The first-order valence-electron chi connectivity index (χ1n) is 4.80. The van der Waals surface area contributed by atoms with Gasteiger partial charge in [0.1, 0.15) is 0 Å². The van der Waals surface area contributed by atoms with Crippen molar-refractivity contribution in [1.82, 2.24) is 10.2 Å². The molecule has 1 heterocycles. The molecule has 1 saturated heterocycles. The van der Waals surface area contributed by atoms with Gasteiger partial charge in [0, 0.05) is 19.1 Å². The Bertz CT molecular complexity index is 159. The third-order valence-electron chi connectivity index (χ3n) is 2.35. The number of carbonyl (C=O) groups is 1. The van der Waals surface area contributed by atoms with E-state index >= 15 is 0 Å². The molecule has 1 N–H and O–H groups in total. The predicted molar refractivity (Wildman–Crippen MR) is 49.1 cm³/mol. The quantitative estimate of drug-likeness (QED) is 0.685. The highest BCUT2D eigenvalue weighted by Gasteiger charge is 2.21. The topological polar surface area (TPSA) is 32.3 Å². The van der Waals surface area contributed by atoms with E-state index in [9.17, 15) is 4.79 Å². The zero-order valence-corrected chi connectivity index (χ0v) is 7.97. The first-order valence-corrected chi connectivity index (χ1v) is 4.80. The van der Waals surface area contributed by atoms with E-state index in [1.54, 1.807) is 0 Å². The molecule has 0 aliphatic carbocycles. The Morgan fingerprint density at radius 2 is 2.42 bits per heavy atom. The van der Waals surface area contributed by atoms with Gasteiger partial charge in [-0.3, -0.25) is 0 Å². The largest absolute Gasteiger partial charge is 0.338 e. The summed E-state index contributed by atoms with van der Waals surface area (Å²) in [5, 5.41) is 2.86. The monoisotopic (exact) mass is 170 g/mol. The number of amides is 2. The Labute approximate surface area is 74.1 Å². The SMILES string of the molecule is CCCC(C)N1CCCNC1=O. The van der Waals surface area contributed by atoms with Crippen molar-refractivity contribution >= 4 is 6.03 Å². The number of carbonyl (C=O) groups excluding carboxylic acids is 1. The fraction of sp³-hybridized carbons (Fsp3) is 0.889. The molecule has 12 heavy (non-hydrogen) atoms. The van der Waals surface area contributed by atoms with E-state index < -0.39 is 0 Å². The van der Waals surface area contributed by atoms with E-state index in [2.05, 4.69) is 19.2 Å². The van der Waals surface area contributed by atoms with Crippen molar-refractivity contribution in [2.45, 2.75) is 39.2 Å². The van der Waals surface area contributed by atoms with E-state index in [4.69, 9.17) is 0 Å². The minimum atomic E-state index is 0.113. The second kappa shape index (κ2) is 4.33. The number of hydrogen-bond acceptors (Lipinski definition) is 1. The Morgan fingerprint density at radius 3 is 3.00 bits per heavy atom. The molecule has 1 fully saturated rings. The van der Waals surface area contributed by atoms with E-state index in [0.29, 0.717) is 6.04 Å². The molecule has 0 aromatic carbocycles. The van der Waals surface area contributed by atoms with Crippen molar-refractivity contribution in [3.63, 3.8) is 0 Å². The second-order valence-corrected chi connectivity index (χ2v) is 3.42. The Hall–Kier alpha value is -0.730. The van der Waals surface area contributed by atoms with Crippen LogP contribution in [0.3, 0.4) is 0 Å². The van der Waals surface area contributed by atoms with Crippen LogP contribution in [0, 0.1) is 0 Å². The highest BCUT2D eigenvalue weighted by molar-refractivity contribution is 5.75. The van der Waals surface area contributed by atoms with E-state index in [1.807, 2.05) is 4.90 Å². The number of hydrogen-bond donors (Lipinski definition) is 1. The lowest BCUT2D eigenvalue weighted by molar-refractivity contribution is 0.162. The minimum absolute atomic E-state index is 0.113. The summed E-state index contributed by atoms with van der Waals surface area (Å²) in [7, 11) is 0. The number of nitrogens with one attached hydrogen (secondary N) is 1. The smallest absolute Gasteiger partial charge is 0.317 e. The zero-order valence-electron chi connectivity index (χ0n) is 7.97. The summed E-state index contributed by atoms with van der Waals surface area (Å²) in [6.45, 7) is 6.04. The van der Waals surface area contributed by atoms with Crippen LogP contribution in [0.2, 0.25) is 0 Å². The van der Waals surface area contributed by atoms with Crippen molar-refractivity contribution in [1.29, 1.82) is 0 Å². The maximum atomic E-state index is 11.3. The molecule has 1 atom stereocenters. The van der Waals surface area contributed by atoms with Crippen LogP contribution < -0.4 is 5.32 Å². The van der Waals surface area contributed by atoms with Crippen LogP contribution in [0.1, 0.15) is 33.1 Å². The molecule has 0 saturated carbocycles. The van der Waals surface area contributed by atoms with Crippen LogP contribution in [0.5, 0.6) is 0 Å². The lowest BCUT2D eigenvalue weighted by Crippen LogP contribution is -2.50. The molecule has 1 rings (SSSR count). The fourth-order valence-electron chi connectivity index (χ4n) is 1.64. The third-order valence-corrected chi connectivity index (χ3v) is 2.35. The highest BCUT2D eigenvalue weighted by atomic mass is 16.2. The van der Waals surface area contributed by atoms with Gasteiger partial charge < -0.3 is 10.2 Å². The molecule has 1 aliphatic rings. The summed E-state index contributed by atoms with van der Waals surface area (Å²) in [6.07, 6.45) is 3.33.